The summed E-state index contributed by atoms with van der Waals surface area (Å²) in [4.78, 5) is 18.8. The predicted molar refractivity (Wildman–Crippen MR) is 67.1 cm³/mol. The molecule has 0 saturated heterocycles. The number of hydrogen-bond acceptors (Lipinski definition) is 1. The molecule has 5 heteroatoms. The normalized spacial score (nSPS) is 11.2. The standard InChI is InChI=1S/C12H12NO3P/c14-17(15,16)13(11-7-3-1-4-8-11)12-9-5-2-6-10-12/h1-10H,(H2,14,15,16). The summed E-state index contributed by atoms with van der Waals surface area (Å²) >= 11 is 0. The van der Waals surface area contributed by atoms with Gasteiger partial charge in [0.1, 0.15) is 0 Å². The van der Waals surface area contributed by atoms with Crippen LogP contribution < -0.4 is 4.67 Å². The Kier molecular flexibility index (Phi) is 3.29. The summed E-state index contributed by atoms with van der Waals surface area (Å²) < 4.78 is 12.6. The Labute approximate surface area is 99.4 Å². The summed E-state index contributed by atoms with van der Waals surface area (Å²) in [5, 5.41) is 0. The van der Waals surface area contributed by atoms with E-state index in [-0.39, 0.29) is 0 Å². The van der Waals surface area contributed by atoms with E-state index in [0.717, 1.165) is 4.67 Å². The second-order valence-corrected chi connectivity index (χ2v) is 4.92. The van der Waals surface area contributed by atoms with Crippen LogP contribution >= 0.6 is 7.75 Å². The van der Waals surface area contributed by atoms with Gasteiger partial charge in [0.2, 0.25) is 0 Å². The number of hydrogen-bond donors (Lipinski definition) is 2. The maximum atomic E-state index is 11.6. The lowest BCUT2D eigenvalue weighted by Gasteiger charge is -2.25. The van der Waals surface area contributed by atoms with Crippen LogP contribution in [0, 0.1) is 0 Å². The molecule has 0 radical (unpaired) electrons. The zero-order chi connectivity index (χ0) is 12.3. The molecule has 0 aliphatic heterocycles. The molecule has 0 saturated carbocycles. The fourth-order valence-electron chi connectivity index (χ4n) is 1.59. The van der Waals surface area contributed by atoms with Crippen molar-refractivity contribution in [2.45, 2.75) is 0 Å². The van der Waals surface area contributed by atoms with Crippen LogP contribution in [0.2, 0.25) is 0 Å². The van der Waals surface area contributed by atoms with Crippen LogP contribution in [-0.2, 0) is 4.57 Å². The molecule has 4 nitrogen and oxygen atoms in total. The van der Waals surface area contributed by atoms with E-state index < -0.39 is 7.75 Å². The largest absolute Gasteiger partial charge is 0.434 e. The van der Waals surface area contributed by atoms with Crippen LogP contribution in [0.1, 0.15) is 0 Å². The molecule has 0 fully saturated rings. The van der Waals surface area contributed by atoms with Crippen LogP contribution in [0.3, 0.4) is 0 Å². The minimum atomic E-state index is -4.39. The first-order valence-corrected chi connectivity index (χ1v) is 6.62. The van der Waals surface area contributed by atoms with E-state index in [9.17, 15) is 14.4 Å². The van der Waals surface area contributed by atoms with Crippen LogP contribution in [0.15, 0.2) is 60.7 Å². The molecule has 0 spiro atoms. The summed E-state index contributed by atoms with van der Waals surface area (Å²) in [7, 11) is -4.39. The van der Waals surface area contributed by atoms with E-state index in [4.69, 9.17) is 0 Å². The van der Waals surface area contributed by atoms with Crippen molar-refractivity contribution in [3.8, 4) is 0 Å². The van der Waals surface area contributed by atoms with Gasteiger partial charge in [0, 0.05) is 0 Å². The molecular formula is C12H12NO3P. The maximum Gasteiger partial charge on any atom is 0.434 e. The van der Waals surface area contributed by atoms with E-state index in [0.29, 0.717) is 11.4 Å². The zero-order valence-corrected chi connectivity index (χ0v) is 9.87. The van der Waals surface area contributed by atoms with Crippen molar-refractivity contribution in [2.24, 2.45) is 0 Å². The van der Waals surface area contributed by atoms with E-state index >= 15 is 0 Å². The van der Waals surface area contributed by atoms with Gasteiger partial charge in [0.15, 0.2) is 0 Å². The fourth-order valence-corrected chi connectivity index (χ4v) is 2.46. The molecule has 0 heterocycles. The third kappa shape index (κ3) is 2.74. The van der Waals surface area contributed by atoms with E-state index in [2.05, 4.69) is 0 Å². The predicted octanol–water partition coefficient (Wildman–Crippen LogP) is 2.92. The molecule has 2 aromatic carbocycles. The SMILES string of the molecule is O=P(O)(O)N(c1ccccc1)c1ccccc1. The van der Waals surface area contributed by atoms with Crippen LogP contribution in [-0.4, -0.2) is 9.79 Å². The first kappa shape index (κ1) is 11.9. The molecule has 0 aromatic heterocycles. The molecule has 2 N–H and O–H groups in total. The number of nitrogens with zero attached hydrogens (tertiary/aromatic N) is 1. The van der Waals surface area contributed by atoms with Gasteiger partial charge in [-0.05, 0) is 24.3 Å². The Morgan fingerprint density at radius 2 is 1.12 bits per heavy atom. The lowest BCUT2D eigenvalue weighted by atomic mass is 10.3. The number of benzene rings is 2. The molecule has 0 atom stereocenters. The molecule has 0 aliphatic carbocycles. The van der Waals surface area contributed by atoms with Crippen molar-refractivity contribution in [1.29, 1.82) is 0 Å². The average Bonchev–Trinajstić information content (AvgIpc) is 2.30. The number of para-hydroxylation sites is 2. The van der Waals surface area contributed by atoms with Gasteiger partial charge in [-0.15, -0.1) is 0 Å². The summed E-state index contributed by atoms with van der Waals surface area (Å²) in [6.45, 7) is 0. The zero-order valence-electron chi connectivity index (χ0n) is 8.97. The molecular weight excluding hydrogens is 237 g/mol. The van der Waals surface area contributed by atoms with Crippen molar-refractivity contribution in [3.63, 3.8) is 0 Å². The average molecular weight is 249 g/mol. The van der Waals surface area contributed by atoms with Crippen molar-refractivity contribution < 1.29 is 14.4 Å². The van der Waals surface area contributed by atoms with Crippen molar-refractivity contribution >= 4 is 19.1 Å². The molecule has 0 aliphatic rings. The Bertz CT molecular complexity index is 484. The number of anilines is 2. The van der Waals surface area contributed by atoms with Gasteiger partial charge in [-0.3, -0.25) is 0 Å². The van der Waals surface area contributed by atoms with Crippen LogP contribution in [0.25, 0.3) is 0 Å². The smallest absolute Gasteiger partial charge is 0.308 e. The molecule has 2 aromatic rings. The summed E-state index contributed by atoms with van der Waals surface area (Å²) in [5.74, 6) is 0. The van der Waals surface area contributed by atoms with Gasteiger partial charge in [-0.25, -0.2) is 9.24 Å². The van der Waals surface area contributed by atoms with E-state index in [1.54, 1.807) is 60.7 Å². The molecule has 17 heavy (non-hydrogen) atoms. The van der Waals surface area contributed by atoms with Gasteiger partial charge in [0.25, 0.3) is 0 Å². The third-order valence-corrected chi connectivity index (χ3v) is 3.25. The second-order valence-electron chi connectivity index (χ2n) is 3.50. The highest BCUT2D eigenvalue weighted by molar-refractivity contribution is 7.54. The highest BCUT2D eigenvalue weighted by atomic mass is 31.2. The molecule has 0 bridgehead atoms. The molecule has 0 unspecified atom stereocenters. The van der Waals surface area contributed by atoms with Crippen molar-refractivity contribution in [1.82, 2.24) is 0 Å². The van der Waals surface area contributed by atoms with Crippen LogP contribution in [0.5, 0.6) is 0 Å². The lowest BCUT2D eigenvalue weighted by Crippen LogP contribution is -2.12. The first-order valence-electron chi connectivity index (χ1n) is 5.05. The Morgan fingerprint density at radius 3 is 1.41 bits per heavy atom. The van der Waals surface area contributed by atoms with Gasteiger partial charge in [-0.1, -0.05) is 36.4 Å². The van der Waals surface area contributed by atoms with Gasteiger partial charge in [-0.2, -0.15) is 0 Å². The van der Waals surface area contributed by atoms with Gasteiger partial charge in [0.05, 0.1) is 11.4 Å². The second kappa shape index (κ2) is 4.72. The number of rotatable bonds is 3. The lowest BCUT2D eigenvalue weighted by molar-refractivity contribution is 0.373. The summed E-state index contributed by atoms with van der Waals surface area (Å²) in [6, 6.07) is 17.2. The van der Waals surface area contributed by atoms with Crippen LogP contribution in [0.4, 0.5) is 11.4 Å². The first-order chi connectivity index (χ1) is 8.09. The maximum absolute atomic E-state index is 11.6. The topological polar surface area (TPSA) is 60.8 Å². The van der Waals surface area contributed by atoms with E-state index in [1.165, 1.54) is 0 Å². The minimum absolute atomic E-state index is 0.465. The fraction of sp³-hybridized carbons (Fsp3) is 0. The molecule has 0 amide bonds. The quantitative estimate of drug-likeness (QED) is 0.821. The highest BCUT2D eigenvalue weighted by Crippen LogP contribution is 2.49. The monoisotopic (exact) mass is 249 g/mol. The third-order valence-electron chi connectivity index (χ3n) is 2.26. The Balaban J connectivity index is 2.52. The van der Waals surface area contributed by atoms with Crippen molar-refractivity contribution in [3.05, 3.63) is 60.7 Å². The Hall–Kier alpha value is -1.61. The van der Waals surface area contributed by atoms with Gasteiger partial charge < -0.3 is 9.79 Å². The highest BCUT2D eigenvalue weighted by Gasteiger charge is 2.27. The molecule has 88 valence electrons. The van der Waals surface area contributed by atoms with Crippen molar-refractivity contribution in [2.75, 3.05) is 4.67 Å². The Morgan fingerprint density at radius 1 is 0.765 bits per heavy atom. The molecule has 2 rings (SSSR count). The summed E-state index contributed by atoms with van der Waals surface area (Å²) in [6.07, 6.45) is 0. The van der Waals surface area contributed by atoms with Gasteiger partial charge >= 0.3 is 7.75 Å². The summed E-state index contributed by atoms with van der Waals surface area (Å²) in [5.41, 5.74) is 0.930. The minimum Gasteiger partial charge on any atom is -0.308 e. The van der Waals surface area contributed by atoms with E-state index in [1.807, 2.05) is 0 Å².